The predicted molar refractivity (Wildman–Crippen MR) is 72.4 cm³/mol. The summed E-state index contributed by atoms with van der Waals surface area (Å²) in [7, 11) is -1.04. The largest absolute Gasteiger partial charge is 0.326 e. The lowest BCUT2D eigenvalue weighted by Gasteiger charge is -2.34. The highest BCUT2D eigenvalue weighted by Crippen LogP contribution is 2.27. The Kier molecular flexibility index (Phi) is 3.75. The second-order valence-electron chi connectivity index (χ2n) is 5.16. The zero-order valence-electron chi connectivity index (χ0n) is 10.8. The third-order valence-electron chi connectivity index (χ3n) is 3.60. The van der Waals surface area contributed by atoms with Gasteiger partial charge in [0.1, 0.15) is 0 Å². The molecular weight excluding hydrogens is 248 g/mol. The van der Waals surface area contributed by atoms with Gasteiger partial charge in [-0.1, -0.05) is 12.1 Å². The first-order valence-corrected chi connectivity index (χ1v) is 8.01. The maximum atomic E-state index is 11.4. The van der Waals surface area contributed by atoms with Crippen molar-refractivity contribution >= 4 is 9.84 Å². The Hall–Kier alpha value is -0.910. The molecule has 0 amide bonds. The van der Waals surface area contributed by atoms with E-state index in [0.29, 0.717) is 10.8 Å². The summed E-state index contributed by atoms with van der Waals surface area (Å²) in [6.07, 6.45) is 2.25. The second-order valence-corrected chi connectivity index (χ2v) is 7.18. The van der Waals surface area contributed by atoms with Gasteiger partial charge >= 0.3 is 0 Å². The van der Waals surface area contributed by atoms with Crippen molar-refractivity contribution in [3.05, 3.63) is 29.8 Å². The van der Waals surface area contributed by atoms with Crippen molar-refractivity contribution in [3.8, 4) is 0 Å². The lowest BCUT2D eigenvalue weighted by atomic mass is 9.86. The number of sulfone groups is 1. The highest BCUT2D eigenvalue weighted by Gasteiger charge is 2.26. The average Bonchev–Trinajstić information content (AvgIpc) is 2.28. The summed E-state index contributed by atoms with van der Waals surface area (Å²) in [5.74, 6) is 0.329. The SMILES string of the molecule is CN1CCC(c2ccc(S(C)(=O)=O)cc2)C(N)C1. The van der Waals surface area contributed by atoms with Gasteiger partial charge in [-0.15, -0.1) is 0 Å². The van der Waals surface area contributed by atoms with Crippen LogP contribution < -0.4 is 5.73 Å². The number of nitrogens with two attached hydrogens (primary N) is 1. The maximum absolute atomic E-state index is 11.4. The quantitative estimate of drug-likeness (QED) is 0.863. The van der Waals surface area contributed by atoms with Crippen molar-refractivity contribution < 1.29 is 8.42 Å². The molecule has 0 saturated carbocycles. The third-order valence-corrected chi connectivity index (χ3v) is 4.73. The van der Waals surface area contributed by atoms with Crippen molar-refractivity contribution in [2.24, 2.45) is 5.73 Å². The monoisotopic (exact) mass is 268 g/mol. The van der Waals surface area contributed by atoms with Gasteiger partial charge in [-0.2, -0.15) is 0 Å². The van der Waals surface area contributed by atoms with E-state index in [1.165, 1.54) is 6.26 Å². The summed E-state index contributed by atoms with van der Waals surface area (Å²) in [6, 6.07) is 7.26. The lowest BCUT2D eigenvalue weighted by molar-refractivity contribution is 0.228. The van der Waals surface area contributed by atoms with E-state index in [9.17, 15) is 8.42 Å². The minimum Gasteiger partial charge on any atom is -0.326 e. The summed E-state index contributed by atoms with van der Waals surface area (Å²) in [4.78, 5) is 2.60. The predicted octanol–water partition coefficient (Wildman–Crippen LogP) is 0.837. The van der Waals surface area contributed by atoms with Gasteiger partial charge in [0.2, 0.25) is 0 Å². The molecule has 0 aliphatic carbocycles. The van der Waals surface area contributed by atoms with E-state index in [2.05, 4.69) is 11.9 Å². The Bertz CT molecular complexity index is 510. The van der Waals surface area contributed by atoms with E-state index >= 15 is 0 Å². The zero-order chi connectivity index (χ0) is 13.3. The van der Waals surface area contributed by atoms with Crippen LogP contribution in [0.15, 0.2) is 29.2 Å². The van der Waals surface area contributed by atoms with E-state index in [4.69, 9.17) is 5.73 Å². The molecule has 18 heavy (non-hydrogen) atoms. The molecule has 2 rings (SSSR count). The standard InChI is InChI=1S/C13H20N2O2S/c1-15-8-7-12(13(14)9-15)10-3-5-11(6-4-10)18(2,16)17/h3-6,12-13H,7-9,14H2,1-2H3. The molecule has 2 unspecified atom stereocenters. The summed E-state index contributed by atoms with van der Waals surface area (Å²) >= 11 is 0. The van der Waals surface area contributed by atoms with Crippen molar-refractivity contribution in [3.63, 3.8) is 0 Å². The molecule has 1 saturated heterocycles. The third kappa shape index (κ3) is 2.91. The summed E-state index contributed by atoms with van der Waals surface area (Å²) < 4.78 is 22.8. The summed E-state index contributed by atoms with van der Waals surface area (Å²) in [5.41, 5.74) is 7.31. The molecule has 4 nitrogen and oxygen atoms in total. The highest BCUT2D eigenvalue weighted by molar-refractivity contribution is 7.90. The molecule has 5 heteroatoms. The Labute approximate surface area is 109 Å². The second kappa shape index (κ2) is 4.99. The Balaban J connectivity index is 2.20. The molecule has 0 radical (unpaired) electrons. The first kappa shape index (κ1) is 13.5. The lowest BCUT2D eigenvalue weighted by Crippen LogP contribution is -2.45. The van der Waals surface area contributed by atoms with Gasteiger partial charge in [0.15, 0.2) is 9.84 Å². The smallest absolute Gasteiger partial charge is 0.175 e. The first-order chi connectivity index (χ1) is 8.38. The highest BCUT2D eigenvalue weighted by atomic mass is 32.2. The van der Waals surface area contributed by atoms with Gasteiger partial charge in [-0.05, 0) is 37.7 Å². The van der Waals surface area contributed by atoms with Gasteiger partial charge in [0.05, 0.1) is 4.90 Å². The van der Waals surface area contributed by atoms with Crippen LogP contribution in [0.3, 0.4) is 0 Å². The van der Waals surface area contributed by atoms with Crippen LogP contribution in [-0.2, 0) is 9.84 Å². The number of likely N-dealkylation sites (tertiary alicyclic amines) is 1. The van der Waals surface area contributed by atoms with Crippen LogP contribution >= 0.6 is 0 Å². The van der Waals surface area contributed by atoms with Gasteiger partial charge < -0.3 is 10.6 Å². The number of likely N-dealkylation sites (N-methyl/N-ethyl adjacent to an activating group) is 1. The van der Waals surface area contributed by atoms with Crippen molar-refractivity contribution in [2.75, 3.05) is 26.4 Å². The fourth-order valence-electron chi connectivity index (χ4n) is 2.53. The van der Waals surface area contributed by atoms with E-state index < -0.39 is 9.84 Å². The van der Waals surface area contributed by atoms with Gasteiger partial charge in [0, 0.05) is 24.8 Å². The molecular formula is C13H20N2O2S. The average molecular weight is 268 g/mol. The molecule has 0 aromatic heterocycles. The summed E-state index contributed by atoms with van der Waals surface area (Å²) in [5, 5.41) is 0. The molecule has 1 aliphatic heterocycles. The van der Waals surface area contributed by atoms with Crippen molar-refractivity contribution in [1.82, 2.24) is 4.90 Å². The van der Waals surface area contributed by atoms with Crippen LogP contribution in [0.2, 0.25) is 0 Å². The first-order valence-electron chi connectivity index (χ1n) is 6.12. The normalized spacial score (nSPS) is 26.2. The molecule has 2 atom stereocenters. The summed E-state index contributed by atoms with van der Waals surface area (Å²) in [6.45, 7) is 1.92. The number of benzene rings is 1. The molecule has 1 aliphatic rings. The maximum Gasteiger partial charge on any atom is 0.175 e. The zero-order valence-corrected chi connectivity index (χ0v) is 11.7. The minimum absolute atomic E-state index is 0.118. The van der Waals surface area contributed by atoms with Gasteiger partial charge in [0.25, 0.3) is 0 Å². The number of nitrogens with zero attached hydrogens (tertiary/aromatic N) is 1. The van der Waals surface area contributed by atoms with Crippen molar-refractivity contribution in [1.29, 1.82) is 0 Å². The van der Waals surface area contributed by atoms with Crippen LogP contribution in [0.25, 0.3) is 0 Å². The molecule has 1 aromatic carbocycles. The number of piperidine rings is 1. The molecule has 1 fully saturated rings. The van der Waals surface area contributed by atoms with Crippen LogP contribution in [-0.4, -0.2) is 45.8 Å². The van der Waals surface area contributed by atoms with E-state index in [1.54, 1.807) is 12.1 Å². The Morgan fingerprint density at radius 2 is 1.89 bits per heavy atom. The number of hydrogen-bond donors (Lipinski definition) is 1. The van der Waals surface area contributed by atoms with Crippen molar-refractivity contribution in [2.45, 2.75) is 23.3 Å². The minimum atomic E-state index is -3.11. The van der Waals surface area contributed by atoms with Gasteiger partial charge in [-0.25, -0.2) is 8.42 Å². The van der Waals surface area contributed by atoms with E-state index in [-0.39, 0.29) is 6.04 Å². The molecule has 0 spiro atoms. The van der Waals surface area contributed by atoms with Crippen LogP contribution in [0.1, 0.15) is 17.9 Å². The fraction of sp³-hybridized carbons (Fsp3) is 0.538. The molecule has 100 valence electrons. The number of hydrogen-bond acceptors (Lipinski definition) is 4. The van der Waals surface area contributed by atoms with Gasteiger partial charge in [-0.3, -0.25) is 0 Å². The molecule has 2 N–H and O–H groups in total. The number of rotatable bonds is 2. The molecule has 1 heterocycles. The van der Waals surface area contributed by atoms with Crippen LogP contribution in [0.5, 0.6) is 0 Å². The topological polar surface area (TPSA) is 63.4 Å². The van der Waals surface area contributed by atoms with Crippen LogP contribution in [0.4, 0.5) is 0 Å². The van der Waals surface area contributed by atoms with Crippen LogP contribution in [0, 0.1) is 0 Å². The Morgan fingerprint density at radius 3 is 2.39 bits per heavy atom. The Morgan fingerprint density at radius 1 is 1.28 bits per heavy atom. The van der Waals surface area contributed by atoms with E-state index in [0.717, 1.165) is 25.1 Å². The van der Waals surface area contributed by atoms with E-state index in [1.807, 2.05) is 12.1 Å². The molecule has 1 aromatic rings. The fourth-order valence-corrected chi connectivity index (χ4v) is 3.16. The molecule has 0 bridgehead atoms.